The normalized spacial score (nSPS) is 18.0. The Balaban J connectivity index is 1.66. The number of aliphatic carboxylic acids is 1. The fourth-order valence-corrected chi connectivity index (χ4v) is 2.28. The van der Waals surface area contributed by atoms with Crippen LogP contribution in [0, 0.1) is 0 Å². The van der Waals surface area contributed by atoms with Gasteiger partial charge in [-0.2, -0.15) is 0 Å². The molecule has 0 aromatic heterocycles. The molecule has 2 aliphatic rings. The molecule has 0 unspecified atom stereocenters. The maximum atomic E-state index is 11.9. The van der Waals surface area contributed by atoms with Gasteiger partial charge in [0, 0.05) is 11.8 Å². The lowest BCUT2D eigenvalue weighted by molar-refractivity contribution is -0.148. The summed E-state index contributed by atoms with van der Waals surface area (Å²) in [5, 5.41) is 14.3. The van der Waals surface area contributed by atoms with Gasteiger partial charge in [-0.05, 0) is 31.4 Å². The van der Waals surface area contributed by atoms with Crippen LogP contribution in [0.2, 0.25) is 0 Å². The number of ether oxygens (including phenoxy) is 2. The zero-order valence-corrected chi connectivity index (χ0v) is 10.6. The van der Waals surface area contributed by atoms with E-state index in [4.69, 9.17) is 14.6 Å². The van der Waals surface area contributed by atoms with E-state index >= 15 is 0 Å². The highest BCUT2D eigenvalue weighted by Crippen LogP contribution is 2.35. The summed E-state index contributed by atoms with van der Waals surface area (Å²) in [6, 6.07) is 4.46. The molecule has 0 atom stereocenters. The summed E-state index contributed by atoms with van der Waals surface area (Å²) in [4.78, 5) is 23.0. The molecule has 7 heteroatoms. The van der Waals surface area contributed by atoms with Crippen molar-refractivity contribution in [3.05, 3.63) is 18.2 Å². The highest BCUT2D eigenvalue weighted by atomic mass is 16.7. The molecular formula is C13H14N2O5. The Hall–Kier alpha value is -2.44. The summed E-state index contributed by atoms with van der Waals surface area (Å²) in [5.74, 6) is 0.181. The topological polar surface area (TPSA) is 96.9 Å². The summed E-state index contributed by atoms with van der Waals surface area (Å²) >= 11 is 0. The lowest BCUT2D eigenvalue weighted by Gasteiger charge is -2.38. The van der Waals surface area contributed by atoms with Gasteiger partial charge < -0.3 is 25.2 Å². The van der Waals surface area contributed by atoms with Gasteiger partial charge in [0.05, 0.1) is 0 Å². The molecule has 7 nitrogen and oxygen atoms in total. The third kappa shape index (κ3) is 2.11. The van der Waals surface area contributed by atoms with Gasteiger partial charge in [-0.15, -0.1) is 0 Å². The molecule has 0 spiro atoms. The molecule has 106 valence electrons. The number of urea groups is 1. The molecule has 1 saturated carbocycles. The van der Waals surface area contributed by atoms with Gasteiger partial charge in [0.2, 0.25) is 6.79 Å². The molecule has 0 radical (unpaired) electrons. The monoisotopic (exact) mass is 278 g/mol. The molecule has 3 rings (SSSR count). The molecule has 0 saturated heterocycles. The predicted molar refractivity (Wildman–Crippen MR) is 68.9 cm³/mol. The Morgan fingerprint density at radius 2 is 1.95 bits per heavy atom. The minimum absolute atomic E-state index is 0.160. The average Bonchev–Trinajstić information content (AvgIpc) is 2.80. The second-order valence-corrected chi connectivity index (χ2v) is 4.89. The predicted octanol–water partition coefficient (Wildman–Crippen LogP) is 1.54. The first-order valence-electron chi connectivity index (χ1n) is 6.31. The maximum Gasteiger partial charge on any atom is 0.329 e. The minimum Gasteiger partial charge on any atom is -0.480 e. The largest absolute Gasteiger partial charge is 0.480 e. The summed E-state index contributed by atoms with van der Waals surface area (Å²) in [5.41, 5.74) is -0.605. The standard InChI is InChI=1S/C13H14N2O5/c16-11(17)13(4-1-5-13)15-12(18)14-8-2-3-9-10(6-8)20-7-19-9/h2-3,6H,1,4-5,7H2,(H,16,17)(H2,14,15,18). The number of anilines is 1. The minimum atomic E-state index is -1.12. The zero-order valence-electron chi connectivity index (χ0n) is 10.6. The van der Waals surface area contributed by atoms with Gasteiger partial charge in [-0.25, -0.2) is 9.59 Å². The van der Waals surface area contributed by atoms with E-state index in [-0.39, 0.29) is 6.79 Å². The van der Waals surface area contributed by atoms with Gasteiger partial charge >= 0.3 is 12.0 Å². The van der Waals surface area contributed by atoms with Crippen LogP contribution in [0.4, 0.5) is 10.5 Å². The lowest BCUT2D eigenvalue weighted by Crippen LogP contribution is -2.60. The molecule has 20 heavy (non-hydrogen) atoms. The van der Waals surface area contributed by atoms with Gasteiger partial charge in [0.25, 0.3) is 0 Å². The lowest BCUT2D eigenvalue weighted by atomic mass is 9.77. The smallest absolute Gasteiger partial charge is 0.329 e. The molecule has 3 N–H and O–H groups in total. The van der Waals surface area contributed by atoms with Crippen molar-refractivity contribution in [1.82, 2.24) is 5.32 Å². The van der Waals surface area contributed by atoms with Crippen LogP contribution in [-0.2, 0) is 4.79 Å². The molecule has 1 aromatic rings. The number of rotatable bonds is 3. The van der Waals surface area contributed by atoms with E-state index in [1.54, 1.807) is 18.2 Å². The van der Waals surface area contributed by atoms with Gasteiger partial charge in [0.15, 0.2) is 11.5 Å². The number of amides is 2. The van der Waals surface area contributed by atoms with E-state index in [1.165, 1.54) is 0 Å². The number of fused-ring (bicyclic) bond motifs is 1. The van der Waals surface area contributed by atoms with E-state index < -0.39 is 17.5 Å². The van der Waals surface area contributed by atoms with Crippen molar-refractivity contribution in [1.29, 1.82) is 0 Å². The third-order valence-electron chi connectivity index (χ3n) is 3.60. The fraction of sp³-hybridized carbons (Fsp3) is 0.385. The average molecular weight is 278 g/mol. The first-order chi connectivity index (χ1) is 9.59. The van der Waals surface area contributed by atoms with Crippen LogP contribution in [0.25, 0.3) is 0 Å². The number of hydrogen-bond donors (Lipinski definition) is 3. The number of nitrogens with one attached hydrogen (secondary N) is 2. The zero-order chi connectivity index (χ0) is 14.2. The van der Waals surface area contributed by atoms with Crippen LogP contribution in [0.1, 0.15) is 19.3 Å². The van der Waals surface area contributed by atoms with Gasteiger partial charge in [-0.3, -0.25) is 0 Å². The summed E-state index contributed by atoms with van der Waals surface area (Å²) < 4.78 is 10.4. The highest BCUT2D eigenvalue weighted by Gasteiger charge is 2.45. The third-order valence-corrected chi connectivity index (χ3v) is 3.60. The number of carboxylic acid groups (broad SMARTS) is 1. The van der Waals surface area contributed by atoms with Crippen molar-refractivity contribution in [2.45, 2.75) is 24.8 Å². The number of carbonyl (C=O) groups excluding carboxylic acids is 1. The Morgan fingerprint density at radius 1 is 1.20 bits per heavy atom. The first kappa shape index (κ1) is 12.6. The summed E-state index contributed by atoms with van der Waals surface area (Å²) in [6.07, 6.45) is 1.71. The second kappa shape index (κ2) is 4.59. The SMILES string of the molecule is O=C(Nc1ccc2c(c1)OCO2)NC1(C(=O)O)CCC1. The number of carbonyl (C=O) groups is 2. The van der Waals surface area contributed by atoms with E-state index in [9.17, 15) is 9.59 Å². The van der Waals surface area contributed by atoms with Crippen molar-refractivity contribution in [2.24, 2.45) is 0 Å². The van der Waals surface area contributed by atoms with Crippen molar-refractivity contribution in [2.75, 3.05) is 12.1 Å². The molecule has 1 heterocycles. The van der Waals surface area contributed by atoms with Crippen molar-refractivity contribution < 1.29 is 24.2 Å². The number of carboxylic acids is 1. The number of hydrogen-bond acceptors (Lipinski definition) is 4. The Labute approximate surface area is 114 Å². The molecular weight excluding hydrogens is 264 g/mol. The molecule has 2 amide bonds. The van der Waals surface area contributed by atoms with Gasteiger partial charge in [-0.1, -0.05) is 0 Å². The Morgan fingerprint density at radius 3 is 2.60 bits per heavy atom. The second-order valence-electron chi connectivity index (χ2n) is 4.89. The van der Waals surface area contributed by atoms with E-state index in [0.717, 1.165) is 6.42 Å². The van der Waals surface area contributed by atoms with E-state index in [2.05, 4.69) is 10.6 Å². The van der Waals surface area contributed by atoms with Crippen LogP contribution < -0.4 is 20.1 Å². The summed E-state index contributed by atoms with van der Waals surface area (Å²) in [7, 11) is 0. The van der Waals surface area contributed by atoms with Crippen LogP contribution >= 0.6 is 0 Å². The summed E-state index contributed by atoms with van der Waals surface area (Å²) in [6.45, 7) is 0.160. The van der Waals surface area contributed by atoms with Crippen LogP contribution in [0.5, 0.6) is 11.5 Å². The van der Waals surface area contributed by atoms with E-state index in [0.29, 0.717) is 30.0 Å². The van der Waals surface area contributed by atoms with Crippen LogP contribution in [0.15, 0.2) is 18.2 Å². The highest BCUT2D eigenvalue weighted by molar-refractivity contribution is 5.94. The Kier molecular flexibility index (Phi) is 2.89. The van der Waals surface area contributed by atoms with Crippen LogP contribution in [-0.4, -0.2) is 29.4 Å². The molecule has 1 aromatic carbocycles. The first-order valence-corrected chi connectivity index (χ1v) is 6.31. The van der Waals surface area contributed by atoms with Crippen LogP contribution in [0.3, 0.4) is 0 Å². The van der Waals surface area contributed by atoms with Gasteiger partial charge in [0.1, 0.15) is 5.54 Å². The molecule has 1 aliphatic heterocycles. The number of benzene rings is 1. The fourth-order valence-electron chi connectivity index (χ4n) is 2.28. The Bertz CT molecular complexity index is 568. The van der Waals surface area contributed by atoms with Crippen molar-refractivity contribution in [3.8, 4) is 11.5 Å². The maximum absolute atomic E-state index is 11.9. The quantitative estimate of drug-likeness (QED) is 0.779. The van der Waals surface area contributed by atoms with E-state index in [1.807, 2.05) is 0 Å². The molecule has 0 bridgehead atoms. The molecule has 1 fully saturated rings. The van der Waals surface area contributed by atoms with Crippen molar-refractivity contribution in [3.63, 3.8) is 0 Å². The van der Waals surface area contributed by atoms with Crippen molar-refractivity contribution >= 4 is 17.7 Å². The molecule has 1 aliphatic carbocycles.